The predicted molar refractivity (Wildman–Crippen MR) is 138 cm³/mol. The lowest BCUT2D eigenvalue weighted by molar-refractivity contribution is 0.0641. The van der Waals surface area contributed by atoms with Crippen LogP contribution in [0.15, 0.2) is 66.7 Å². The van der Waals surface area contributed by atoms with Crippen molar-refractivity contribution >= 4 is 29.3 Å². The van der Waals surface area contributed by atoms with E-state index >= 15 is 0 Å². The Labute approximate surface area is 214 Å². The van der Waals surface area contributed by atoms with E-state index in [1.807, 2.05) is 11.8 Å². The number of anilines is 1. The Morgan fingerprint density at radius 2 is 1.59 bits per heavy atom. The van der Waals surface area contributed by atoms with E-state index in [9.17, 15) is 19.2 Å². The summed E-state index contributed by atoms with van der Waals surface area (Å²) in [6.07, 6.45) is 2.00. The molecule has 4 amide bonds. The number of fused-ring (bicyclic) bond motifs is 1. The average molecular weight is 498 g/mol. The number of benzene rings is 3. The summed E-state index contributed by atoms with van der Waals surface area (Å²) in [6.45, 7) is 3.69. The van der Waals surface area contributed by atoms with E-state index in [-0.39, 0.29) is 29.8 Å². The first kappa shape index (κ1) is 24.2. The summed E-state index contributed by atoms with van der Waals surface area (Å²) in [5.74, 6) is -0.805. The molecule has 0 spiro atoms. The number of ether oxygens (including phenoxy) is 1. The van der Waals surface area contributed by atoms with Crippen LogP contribution in [0, 0.1) is 0 Å². The maximum absolute atomic E-state index is 13.3. The third-order valence-corrected chi connectivity index (χ3v) is 6.57. The van der Waals surface area contributed by atoms with Crippen molar-refractivity contribution in [3.05, 3.63) is 94.5 Å². The fourth-order valence-electron chi connectivity index (χ4n) is 4.73. The maximum atomic E-state index is 13.3. The van der Waals surface area contributed by atoms with Gasteiger partial charge in [0.15, 0.2) is 0 Å². The highest BCUT2D eigenvalue weighted by Gasteiger charge is 2.35. The molecular weight excluding hydrogens is 470 g/mol. The van der Waals surface area contributed by atoms with Crippen molar-refractivity contribution in [2.75, 3.05) is 25.0 Å². The van der Waals surface area contributed by atoms with Gasteiger partial charge in [-0.2, -0.15) is 0 Å². The van der Waals surface area contributed by atoms with Crippen LogP contribution in [-0.2, 0) is 6.54 Å². The lowest BCUT2D eigenvalue weighted by Crippen LogP contribution is -2.29. The minimum atomic E-state index is -0.418. The fraction of sp³-hybridized carbons (Fsp3) is 0.241. The zero-order valence-corrected chi connectivity index (χ0v) is 20.5. The van der Waals surface area contributed by atoms with E-state index < -0.39 is 5.91 Å². The number of nitrogens with zero attached hydrogens (tertiary/aromatic N) is 2. The second-order valence-electron chi connectivity index (χ2n) is 9.04. The van der Waals surface area contributed by atoms with Gasteiger partial charge in [0.2, 0.25) is 0 Å². The second-order valence-corrected chi connectivity index (χ2v) is 9.04. The van der Waals surface area contributed by atoms with Crippen LogP contribution in [0.25, 0.3) is 0 Å². The number of carbonyl (C=O) groups is 4. The van der Waals surface area contributed by atoms with Crippen molar-refractivity contribution in [2.24, 2.45) is 0 Å². The first-order valence-corrected chi connectivity index (χ1v) is 12.4. The molecule has 0 aromatic heterocycles. The molecule has 3 aromatic rings. The lowest BCUT2D eigenvalue weighted by Gasteiger charge is -2.17. The number of imide groups is 1. The van der Waals surface area contributed by atoms with Gasteiger partial charge in [0.05, 0.1) is 29.8 Å². The molecule has 0 saturated carbocycles. The number of hydrogen-bond donors (Lipinski definition) is 1. The largest absolute Gasteiger partial charge is 0.493 e. The molecule has 0 bridgehead atoms. The molecule has 5 rings (SSSR count). The number of amides is 4. The molecule has 1 N–H and O–H groups in total. The van der Waals surface area contributed by atoms with E-state index in [0.29, 0.717) is 40.3 Å². The highest BCUT2D eigenvalue weighted by Crippen LogP contribution is 2.27. The van der Waals surface area contributed by atoms with Gasteiger partial charge in [0.1, 0.15) is 5.75 Å². The molecule has 2 aliphatic heterocycles. The summed E-state index contributed by atoms with van der Waals surface area (Å²) in [7, 11) is 0. The van der Waals surface area contributed by atoms with Crippen molar-refractivity contribution in [3.63, 3.8) is 0 Å². The summed E-state index contributed by atoms with van der Waals surface area (Å²) in [5, 5.41) is 2.86. The molecule has 8 heteroatoms. The van der Waals surface area contributed by atoms with E-state index in [4.69, 9.17) is 4.74 Å². The standard InChI is InChI=1S/C29H27N3O5/c1-2-37-25-13-12-19(18-32-28(35)22-10-3-4-11-23(22)29(32)36)16-24(25)26(33)30-21-9-7-8-20(17-21)27(34)31-14-5-6-15-31/h3-4,7-13,16-17H,2,5-6,14-15,18H2,1H3,(H,30,33). The molecule has 37 heavy (non-hydrogen) atoms. The monoisotopic (exact) mass is 497 g/mol. The van der Waals surface area contributed by atoms with Gasteiger partial charge in [-0.05, 0) is 67.8 Å². The second kappa shape index (κ2) is 10.3. The van der Waals surface area contributed by atoms with Crippen LogP contribution in [0.1, 0.15) is 66.8 Å². The van der Waals surface area contributed by atoms with Gasteiger partial charge < -0.3 is 15.0 Å². The molecular formula is C29H27N3O5. The SMILES string of the molecule is CCOc1ccc(CN2C(=O)c3ccccc3C2=O)cc1C(=O)Nc1cccc(C(=O)N2CCCC2)c1. The van der Waals surface area contributed by atoms with Crippen molar-refractivity contribution in [1.82, 2.24) is 9.80 Å². The maximum Gasteiger partial charge on any atom is 0.261 e. The molecule has 3 aromatic carbocycles. The molecule has 2 heterocycles. The Morgan fingerprint density at radius 3 is 2.27 bits per heavy atom. The number of nitrogens with one attached hydrogen (secondary N) is 1. The first-order valence-electron chi connectivity index (χ1n) is 12.4. The van der Waals surface area contributed by atoms with Crippen LogP contribution < -0.4 is 10.1 Å². The van der Waals surface area contributed by atoms with E-state index in [0.717, 1.165) is 25.9 Å². The third-order valence-electron chi connectivity index (χ3n) is 6.57. The number of hydrogen-bond acceptors (Lipinski definition) is 5. The predicted octanol–water partition coefficient (Wildman–Crippen LogP) is 4.37. The Morgan fingerprint density at radius 1 is 0.892 bits per heavy atom. The summed E-state index contributed by atoms with van der Waals surface area (Å²) in [6, 6.07) is 18.6. The Hall–Kier alpha value is -4.46. The van der Waals surface area contributed by atoms with Gasteiger partial charge in [-0.25, -0.2) is 0 Å². The van der Waals surface area contributed by atoms with E-state index in [2.05, 4.69) is 5.32 Å². The number of carbonyl (C=O) groups excluding carboxylic acids is 4. The summed E-state index contributed by atoms with van der Waals surface area (Å²) < 4.78 is 5.67. The van der Waals surface area contributed by atoms with Crippen LogP contribution in [0.4, 0.5) is 5.69 Å². The van der Waals surface area contributed by atoms with Gasteiger partial charge in [0, 0.05) is 24.3 Å². The quantitative estimate of drug-likeness (QED) is 0.489. The molecule has 2 aliphatic rings. The molecule has 8 nitrogen and oxygen atoms in total. The number of rotatable bonds is 7. The third kappa shape index (κ3) is 4.82. The zero-order chi connectivity index (χ0) is 25.9. The Bertz CT molecular complexity index is 1360. The molecule has 0 atom stereocenters. The lowest BCUT2D eigenvalue weighted by atomic mass is 10.1. The molecule has 0 radical (unpaired) electrons. The smallest absolute Gasteiger partial charge is 0.261 e. The van der Waals surface area contributed by atoms with Crippen molar-refractivity contribution in [3.8, 4) is 5.75 Å². The van der Waals surface area contributed by atoms with Crippen LogP contribution in [0.3, 0.4) is 0 Å². The normalized spacial score (nSPS) is 14.6. The van der Waals surface area contributed by atoms with E-state index in [1.54, 1.807) is 66.7 Å². The first-order chi connectivity index (χ1) is 18.0. The van der Waals surface area contributed by atoms with Crippen LogP contribution >= 0.6 is 0 Å². The van der Waals surface area contributed by atoms with Crippen molar-refractivity contribution in [1.29, 1.82) is 0 Å². The highest BCUT2D eigenvalue weighted by atomic mass is 16.5. The number of likely N-dealkylation sites (tertiary alicyclic amines) is 1. The zero-order valence-electron chi connectivity index (χ0n) is 20.5. The minimum absolute atomic E-state index is 0.0266. The summed E-state index contributed by atoms with van der Waals surface area (Å²) in [4.78, 5) is 54.7. The highest BCUT2D eigenvalue weighted by molar-refractivity contribution is 6.21. The molecule has 0 unspecified atom stereocenters. The topological polar surface area (TPSA) is 96.0 Å². The van der Waals surface area contributed by atoms with Gasteiger partial charge in [-0.1, -0.05) is 24.3 Å². The van der Waals surface area contributed by atoms with Crippen LogP contribution in [0.2, 0.25) is 0 Å². The van der Waals surface area contributed by atoms with Gasteiger partial charge >= 0.3 is 0 Å². The average Bonchev–Trinajstić information content (AvgIpc) is 3.53. The summed E-state index contributed by atoms with van der Waals surface area (Å²) in [5.41, 5.74) is 2.64. The van der Waals surface area contributed by atoms with Crippen LogP contribution in [0.5, 0.6) is 5.75 Å². The van der Waals surface area contributed by atoms with Gasteiger partial charge in [-0.3, -0.25) is 24.1 Å². The molecule has 1 saturated heterocycles. The van der Waals surface area contributed by atoms with Crippen molar-refractivity contribution < 1.29 is 23.9 Å². The van der Waals surface area contributed by atoms with Gasteiger partial charge in [-0.15, -0.1) is 0 Å². The molecule has 0 aliphatic carbocycles. The van der Waals surface area contributed by atoms with E-state index in [1.165, 1.54) is 4.90 Å². The Balaban J connectivity index is 1.37. The Kier molecular flexibility index (Phi) is 6.72. The van der Waals surface area contributed by atoms with Gasteiger partial charge in [0.25, 0.3) is 23.6 Å². The molecule has 188 valence electrons. The van der Waals surface area contributed by atoms with Crippen LogP contribution in [-0.4, -0.2) is 53.1 Å². The molecule has 1 fully saturated rings. The van der Waals surface area contributed by atoms with Crippen molar-refractivity contribution in [2.45, 2.75) is 26.3 Å². The minimum Gasteiger partial charge on any atom is -0.493 e. The fourth-order valence-corrected chi connectivity index (χ4v) is 4.73. The summed E-state index contributed by atoms with van der Waals surface area (Å²) >= 11 is 0.